The standard InChI is InChI=1S/C43H27N3S/c1-2-14-28(15-3-1)31-19-6-8-22-36(31)41-44-42(37-23-9-7-20-33(37)32-24-12-17-29-16-4-5-18-30(29)32)46-43(45-41)38-26-13-25-35-34-21-10-11-27-39(34)47-40(35)38/h1-27H. The van der Waals surface area contributed by atoms with Crippen LogP contribution in [0.5, 0.6) is 0 Å². The maximum absolute atomic E-state index is 5.27. The fourth-order valence-electron chi connectivity index (χ4n) is 6.58. The van der Waals surface area contributed by atoms with Gasteiger partial charge in [-0.3, -0.25) is 0 Å². The molecule has 0 atom stereocenters. The van der Waals surface area contributed by atoms with Gasteiger partial charge >= 0.3 is 0 Å². The predicted octanol–water partition coefficient (Wildman–Crippen LogP) is 11.7. The van der Waals surface area contributed by atoms with Crippen molar-refractivity contribution in [2.24, 2.45) is 0 Å². The molecule has 0 saturated carbocycles. The summed E-state index contributed by atoms with van der Waals surface area (Å²) in [5, 5.41) is 4.86. The fourth-order valence-corrected chi connectivity index (χ4v) is 7.79. The average Bonchev–Trinajstić information content (AvgIpc) is 3.54. The monoisotopic (exact) mass is 617 g/mol. The Bertz CT molecular complexity index is 2580. The first-order chi connectivity index (χ1) is 23.3. The van der Waals surface area contributed by atoms with Gasteiger partial charge in [0, 0.05) is 36.9 Å². The van der Waals surface area contributed by atoms with Crippen LogP contribution in [0.3, 0.4) is 0 Å². The molecule has 9 aromatic rings. The van der Waals surface area contributed by atoms with Gasteiger partial charge in [0.1, 0.15) is 0 Å². The highest BCUT2D eigenvalue weighted by atomic mass is 32.1. The second kappa shape index (κ2) is 11.4. The third kappa shape index (κ3) is 4.78. The molecule has 0 amide bonds. The molecule has 0 aliphatic heterocycles. The van der Waals surface area contributed by atoms with Gasteiger partial charge in [-0.1, -0.05) is 152 Å². The molecule has 47 heavy (non-hydrogen) atoms. The third-order valence-corrected chi connectivity index (χ3v) is 10.0. The van der Waals surface area contributed by atoms with E-state index in [1.807, 2.05) is 6.07 Å². The van der Waals surface area contributed by atoms with Crippen LogP contribution in [-0.4, -0.2) is 15.0 Å². The summed E-state index contributed by atoms with van der Waals surface area (Å²) in [7, 11) is 0. The molecule has 0 aliphatic carbocycles. The minimum atomic E-state index is 0.648. The van der Waals surface area contributed by atoms with Crippen LogP contribution in [-0.2, 0) is 0 Å². The van der Waals surface area contributed by atoms with Crippen molar-refractivity contribution >= 4 is 42.3 Å². The predicted molar refractivity (Wildman–Crippen MR) is 197 cm³/mol. The number of hydrogen-bond donors (Lipinski definition) is 0. The minimum absolute atomic E-state index is 0.648. The fraction of sp³-hybridized carbons (Fsp3) is 0. The molecule has 3 nitrogen and oxygen atoms in total. The highest BCUT2D eigenvalue weighted by Gasteiger charge is 2.20. The number of aromatic nitrogens is 3. The number of rotatable bonds is 5. The summed E-state index contributed by atoms with van der Waals surface area (Å²) in [5.74, 6) is 1.96. The van der Waals surface area contributed by atoms with Gasteiger partial charge in [-0.25, -0.2) is 15.0 Å². The van der Waals surface area contributed by atoms with Crippen molar-refractivity contribution in [3.8, 4) is 56.4 Å². The maximum atomic E-state index is 5.27. The number of nitrogens with zero attached hydrogens (tertiary/aromatic N) is 3. The first-order valence-corrected chi connectivity index (χ1v) is 16.5. The molecule has 0 aliphatic rings. The van der Waals surface area contributed by atoms with E-state index in [0.717, 1.165) is 38.9 Å². The van der Waals surface area contributed by atoms with Crippen LogP contribution in [0.15, 0.2) is 164 Å². The Kier molecular flexibility index (Phi) is 6.65. The zero-order valence-electron chi connectivity index (χ0n) is 25.3. The summed E-state index contributed by atoms with van der Waals surface area (Å²) in [4.78, 5) is 15.8. The third-order valence-electron chi connectivity index (χ3n) is 8.78. The highest BCUT2D eigenvalue weighted by Crippen LogP contribution is 2.41. The van der Waals surface area contributed by atoms with Gasteiger partial charge in [-0.05, 0) is 45.2 Å². The van der Waals surface area contributed by atoms with E-state index in [9.17, 15) is 0 Å². The summed E-state index contributed by atoms with van der Waals surface area (Å²) >= 11 is 1.79. The number of hydrogen-bond acceptors (Lipinski definition) is 4. The van der Waals surface area contributed by atoms with Crippen LogP contribution < -0.4 is 0 Å². The maximum Gasteiger partial charge on any atom is 0.165 e. The quantitative estimate of drug-likeness (QED) is 0.193. The molecule has 0 unspecified atom stereocenters. The molecule has 2 aromatic heterocycles. The van der Waals surface area contributed by atoms with Crippen molar-refractivity contribution in [3.05, 3.63) is 164 Å². The summed E-state index contributed by atoms with van der Waals surface area (Å²) in [5.41, 5.74) is 7.38. The summed E-state index contributed by atoms with van der Waals surface area (Å²) in [6.45, 7) is 0. The summed E-state index contributed by atoms with van der Waals surface area (Å²) < 4.78 is 2.43. The first-order valence-electron chi connectivity index (χ1n) is 15.7. The van der Waals surface area contributed by atoms with Gasteiger partial charge in [0.05, 0.1) is 0 Å². The van der Waals surface area contributed by atoms with Gasteiger partial charge in [0.25, 0.3) is 0 Å². The van der Waals surface area contributed by atoms with E-state index in [1.165, 1.54) is 30.9 Å². The molecule has 4 heteroatoms. The van der Waals surface area contributed by atoms with E-state index in [-0.39, 0.29) is 0 Å². The van der Waals surface area contributed by atoms with Crippen LogP contribution in [0, 0.1) is 0 Å². The Labute approximate surface area is 276 Å². The zero-order valence-corrected chi connectivity index (χ0v) is 26.2. The van der Waals surface area contributed by atoms with Crippen LogP contribution in [0.2, 0.25) is 0 Å². The molecule has 0 fully saturated rings. The Morgan fingerprint density at radius 1 is 0.319 bits per heavy atom. The van der Waals surface area contributed by atoms with Crippen LogP contribution >= 0.6 is 11.3 Å². The second-order valence-electron chi connectivity index (χ2n) is 11.6. The molecule has 0 bridgehead atoms. The first kappa shape index (κ1) is 27.3. The molecule has 0 radical (unpaired) electrons. The smallest absolute Gasteiger partial charge is 0.165 e. The van der Waals surface area contributed by atoms with E-state index < -0.39 is 0 Å². The lowest BCUT2D eigenvalue weighted by Crippen LogP contribution is -2.02. The second-order valence-corrected chi connectivity index (χ2v) is 12.6. The van der Waals surface area contributed by atoms with E-state index in [1.54, 1.807) is 11.3 Å². The zero-order chi connectivity index (χ0) is 31.2. The molecule has 0 spiro atoms. The van der Waals surface area contributed by atoms with E-state index >= 15 is 0 Å². The Morgan fingerprint density at radius 3 is 1.60 bits per heavy atom. The average molecular weight is 618 g/mol. The lowest BCUT2D eigenvalue weighted by atomic mass is 9.94. The normalized spacial score (nSPS) is 11.4. The van der Waals surface area contributed by atoms with E-state index in [0.29, 0.717) is 17.5 Å². The number of fused-ring (bicyclic) bond motifs is 4. The highest BCUT2D eigenvalue weighted by molar-refractivity contribution is 7.26. The molecule has 0 N–H and O–H groups in total. The molecular weight excluding hydrogens is 591 g/mol. The van der Waals surface area contributed by atoms with Crippen molar-refractivity contribution in [3.63, 3.8) is 0 Å². The van der Waals surface area contributed by atoms with Crippen LogP contribution in [0.25, 0.3) is 87.4 Å². The van der Waals surface area contributed by atoms with Crippen molar-refractivity contribution < 1.29 is 0 Å². The summed E-state index contributed by atoms with van der Waals surface area (Å²) in [6, 6.07) is 57.3. The molecule has 220 valence electrons. The molecular formula is C43H27N3S. The van der Waals surface area contributed by atoms with Crippen molar-refractivity contribution in [2.45, 2.75) is 0 Å². The number of benzene rings is 7. The van der Waals surface area contributed by atoms with Crippen LogP contribution in [0.1, 0.15) is 0 Å². The van der Waals surface area contributed by atoms with Gasteiger partial charge < -0.3 is 0 Å². The Balaban J connectivity index is 1.33. The molecule has 9 rings (SSSR count). The van der Waals surface area contributed by atoms with Gasteiger partial charge in [0.15, 0.2) is 17.5 Å². The molecule has 0 saturated heterocycles. The lowest BCUT2D eigenvalue weighted by molar-refractivity contribution is 1.08. The minimum Gasteiger partial charge on any atom is -0.208 e. The van der Waals surface area contributed by atoms with Crippen LogP contribution in [0.4, 0.5) is 0 Å². The Hall–Kier alpha value is -5.97. The van der Waals surface area contributed by atoms with E-state index in [2.05, 4.69) is 158 Å². The van der Waals surface area contributed by atoms with Gasteiger partial charge in [-0.15, -0.1) is 11.3 Å². The topological polar surface area (TPSA) is 38.7 Å². The SMILES string of the molecule is c1ccc(-c2ccccc2-c2nc(-c3ccccc3-c3cccc4ccccc34)nc(-c3cccc4c3sc3ccccc34)n2)cc1. The number of thiophene rings is 1. The lowest BCUT2D eigenvalue weighted by Gasteiger charge is -2.15. The van der Waals surface area contributed by atoms with Crippen molar-refractivity contribution in [1.29, 1.82) is 0 Å². The van der Waals surface area contributed by atoms with Crippen molar-refractivity contribution in [2.75, 3.05) is 0 Å². The molecule has 7 aromatic carbocycles. The Morgan fingerprint density at radius 2 is 0.809 bits per heavy atom. The van der Waals surface area contributed by atoms with E-state index in [4.69, 9.17) is 15.0 Å². The summed E-state index contributed by atoms with van der Waals surface area (Å²) in [6.07, 6.45) is 0. The van der Waals surface area contributed by atoms with Crippen molar-refractivity contribution in [1.82, 2.24) is 15.0 Å². The largest absolute Gasteiger partial charge is 0.208 e. The van der Waals surface area contributed by atoms with Gasteiger partial charge in [0.2, 0.25) is 0 Å². The van der Waals surface area contributed by atoms with Gasteiger partial charge in [-0.2, -0.15) is 0 Å². The molecule has 2 heterocycles.